The largest absolute Gasteiger partial charge is 0.435 e. The van der Waals surface area contributed by atoms with Gasteiger partial charge in [0.1, 0.15) is 11.4 Å². The van der Waals surface area contributed by atoms with E-state index in [-0.39, 0.29) is 5.75 Å². The van der Waals surface area contributed by atoms with Gasteiger partial charge < -0.3 is 9.84 Å². The summed E-state index contributed by atoms with van der Waals surface area (Å²) in [6.07, 6.45) is 4.14. The van der Waals surface area contributed by atoms with Crippen LogP contribution in [0.4, 0.5) is 14.5 Å². The molecular weight excluding hydrogens is 350 g/mol. The molecule has 1 N–H and O–H groups in total. The number of hydrogen-bond acceptors (Lipinski definition) is 3. The van der Waals surface area contributed by atoms with Crippen LogP contribution in [0.2, 0.25) is 0 Å². The molecule has 4 rings (SSSR count). The predicted octanol–water partition coefficient (Wildman–Crippen LogP) is 3.94. The number of ether oxygens (including phenoxy) is 1. The molecule has 0 saturated heterocycles. The summed E-state index contributed by atoms with van der Waals surface area (Å²) >= 11 is 0. The quantitative estimate of drug-likeness (QED) is 0.825. The van der Waals surface area contributed by atoms with Crippen molar-refractivity contribution in [3.05, 3.63) is 60.2 Å². The molecule has 0 saturated carbocycles. The molecule has 4 nitrogen and oxygen atoms in total. The van der Waals surface area contributed by atoms with Crippen LogP contribution in [0, 0.1) is 0 Å². The molecule has 0 bridgehead atoms. The van der Waals surface area contributed by atoms with Crippen molar-refractivity contribution in [1.82, 2.24) is 0 Å². The first-order valence-corrected chi connectivity index (χ1v) is 9.32. The monoisotopic (exact) mass is 373 g/mol. The zero-order valence-corrected chi connectivity index (χ0v) is 15.0. The van der Waals surface area contributed by atoms with Gasteiger partial charge in [-0.25, -0.2) is 9.48 Å². The Morgan fingerprint density at radius 1 is 1.00 bits per heavy atom. The van der Waals surface area contributed by atoms with Crippen molar-refractivity contribution in [2.75, 3.05) is 18.0 Å². The molecule has 27 heavy (non-hydrogen) atoms. The smallest absolute Gasteiger partial charge is 0.387 e. The fraction of sp³-hybridized carbons (Fsp3) is 0.381. The molecule has 1 unspecified atom stereocenters. The van der Waals surface area contributed by atoms with E-state index in [1.165, 1.54) is 12.1 Å². The van der Waals surface area contributed by atoms with Crippen LogP contribution in [0.25, 0.3) is 0 Å². The molecular formula is C21H23F2N2O2+. The summed E-state index contributed by atoms with van der Waals surface area (Å²) in [5, 5.41) is 11.7. The van der Waals surface area contributed by atoms with E-state index in [1.54, 1.807) is 12.1 Å². The van der Waals surface area contributed by atoms with Gasteiger partial charge in [-0.3, -0.25) is 0 Å². The van der Waals surface area contributed by atoms with Gasteiger partial charge in [-0.15, -0.1) is 0 Å². The van der Waals surface area contributed by atoms with Crippen molar-refractivity contribution >= 4 is 11.5 Å². The lowest BCUT2D eigenvalue weighted by atomic mass is 10.0. The second kappa shape index (κ2) is 7.27. The minimum Gasteiger partial charge on any atom is -0.435 e. The van der Waals surface area contributed by atoms with Gasteiger partial charge in [0.2, 0.25) is 0 Å². The Balaban J connectivity index is 1.72. The fourth-order valence-electron chi connectivity index (χ4n) is 4.07. The highest BCUT2D eigenvalue weighted by Crippen LogP contribution is 2.35. The van der Waals surface area contributed by atoms with Crippen molar-refractivity contribution in [2.45, 2.75) is 38.0 Å². The zero-order chi connectivity index (χ0) is 18.9. The van der Waals surface area contributed by atoms with E-state index in [0.29, 0.717) is 12.1 Å². The number of halogens is 2. The Morgan fingerprint density at radius 3 is 2.44 bits per heavy atom. The first-order chi connectivity index (χ1) is 13.1. The summed E-state index contributed by atoms with van der Waals surface area (Å²) < 4.78 is 31.3. The summed E-state index contributed by atoms with van der Waals surface area (Å²) in [6.45, 7) is -1.68. The molecule has 142 valence electrons. The average Bonchev–Trinajstić information content (AvgIpc) is 2.83. The molecule has 0 aromatic heterocycles. The Morgan fingerprint density at radius 2 is 1.74 bits per heavy atom. The van der Waals surface area contributed by atoms with Crippen molar-refractivity contribution in [2.24, 2.45) is 0 Å². The molecule has 1 atom stereocenters. The zero-order valence-electron chi connectivity index (χ0n) is 15.0. The Labute approximate surface area is 157 Å². The van der Waals surface area contributed by atoms with Gasteiger partial charge >= 0.3 is 6.61 Å². The fourth-order valence-corrected chi connectivity index (χ4v) is 4.07. The first kappa shape index (κ1) is 17.9. The molecule has 2 aliphatic rings. The summed E-state index contributed by atoms with van der Waals surface area (Å²) in [5.74, 6) is 1.21. The highest BCUT2D eigenvalue weighted by molar-refractivity contribution is 5.95. The number of alkyl halides is 2. The average molecular weight is 373 g/mol. The van der Waals surface area contributed by atoms with Gasteiger partial charge in [-0.05, 0) is 55.7 Å². The molecule has 2 aromatic carbocycles. The second-order valence-electron chi connectivity index (χ2n) is 7.02. The number of para-hydroxylation sites is 1. The molecule has 0 amide bonds. The van der Waals surface area contributed by atoms with E-state index in [0.717, 1.165) is 43.8 Å². The molecule has 2 aromatic rings. The van der Waals surface area contributed by atoms with Crippen LogP contribution in [0.1, 0.15) is 31.2 Å². The van der Waals surface area contributed by atoms with Crippen LogP contribution in [-0.2, 0) is 5.72 Å². The second-order valence-corrected chi connectivity index (χ2v) is 7.02. The SMILES string of the molecule is OC1(c2ccc(OC(F)F)cc2)CN(c2ccccc2)C2=[N+]1CCCCC2. The number of benzene rings is 2. The summed E-state index contributed by atoms with van der Waals surface area (Å²) in [7, 11) is 0. The Kier molecular flexibility index (Phi) is 4.83. The third-order valence-electron chi connectivity index (χ3n) is 5.34. The number of amidine groups is 1. The van der Waals surface area contributed by atoms with Crippen LogP contribution < -0.4 is 9.64 Å². The maximum absolute atomic E-state index is 12.4. The van der Waals surface area contributed by atoms with Gasteiger partial charge in [0.15, 0.2) is 6.54 Å². The summed E-state index contributed by atoms with van der Waals surface area (Å²) in [4.78, 5) is 2.18. The van der Waals surface area contributed by atoms with E-state index in [1.807, 2.05) is 30.3 Å². The molecule has 6 heteroatoms. The van der Waals surface area contributed by atoms with Crippen molar-refractivity contribution < 1.29 is 23.2 Å². The normalized spacial score (nSPS) is 22.7. The van der Waals surface area contributed by atoms with Gasteiger partial charge in [0, 0.05) is 12.0 Å². The third kappa shape index (κ3) is 3.41. The molecule has 0 spiro atoms. The van der Waals surface area contributed by atoms with Crippen molar-refractivity contribution in [1.29, 1.82) is 0 Å². The lowest BCUT2D eigenvalue weighted by Gasteiger charge is -2.23. The van der Waals surface area contributed by atoms with Gasteiger partial charge in [0.25, 0.3) is 11.6 Å². The summed E-state index contributed by atoms with van der Waals surface area (Å²) in [6, 6.07) is 16.4. The number of hydrogen-bond donors (Lipinski definition) is 1. The van der Waals surface area contributed by atoms with E-state index in [2.05, 4.69) is 14.2 Å². The van der Waals surface area contributed by atoms with Crippen LogP contribution in [0.15, 0.2) is 54.6 Å². The molecule has 2 heterocycles. The van der Waals surface area contributed by atoms with E-state index < -0.39 is 12.3 Å². The van der Waals surface area contributed by atoms with Crippen LogP contribution in [0.3, 0.4) is 0 Å². The van der Waals surface area contributed by atoms with Gasteiger partial charge in [-0.1, -0.05) is 18.2 Å². The number of aliphatic hydroxyl groups is 1. The molecule has 0 radical (unpaired) electrons. The summed E-state index contributed by atoms with van der Waals surface area (Å²) in [5.41, 5.74) is 0.536. The van der Waals surface area contributed by atoms with E-state index in [9.17, 15) is 13.9 Å². The van der Waals surface area contributed by atoms with E-state index >= 15 is 0 Å². The lowest BCUT2D eigenvalue weighted by molar-refractivity contribution is -0.658. The highest BCUT2D eigenvalue weighted by Gasteiger charge is 2.51. The maximum Gasteiger partial charge on any atom is 0.387 e. The molecule has 0 aliphatic carbocycles. The van der Waals surface area contributed by atoms with Crippen LogP contribution in [0.5, 0.6) is 5.75 Å². The van der Waals surface area contributed by atoms with Gasteiger partial charge in [0.05, 0.1) is 6.54 Å². The van der Waals surface area contributed by atoms with Crippen molar-refractivity contribution in [3.8, 4) is 5.75 Å². The number of rotatable bonds is 4. The number of β-amino-alcohol motifs (C(OH)–C–C–N with tert-alkyl or cyclic N) is 1. The number of anilines is 1. The topological polar surface area (TPSA) is 35.7 Å². The van der Waals surface area contributed by atoms with Crippen LogP contribution in [-0.4, -0.2) is 35.2 Å². The molecule has 2 aliphatic heterocycles. The standard InChI is InChI=1S/C21H23F2N2O2/c22-20(23)27-18-12-10-16(11-13-18)21(26)15-24(17-7-3-1-4-8-17)19-9-5-2-6-14-25(19)21/h1,3-4,7-8,10-13,20,26H,2,5-6,9,14-15H2/q+1. The Bertz CT molecular complexity index is 824. The minimum atomic E-state index is -2.86. The number of nitrogens with zero attached hydrogens (tertiary/aromatic N) is 2. The lowest BCUT2D eigenvalue weighted by Crippen LogP contribution is -2.41. The predicted molar refractivity (Wildman–Crippen MR) is 99.4 cm³/mol. The van der Waals surface area contributed by atoms with Crippen molar-refractivity contribution in [3.63, 3.8) is 0 Å². The van der Waals surface area contributed by atoms with Gasteiger partial charge in [-0.2, -0.15) is 8.78 Å². The Hall–Kier alpha value is -2.47. The van der Waals surface area contributed by atoms with Crippen LogP contribution >= 0.6 is 0 Å². The highest BCUT2D eigenvalue weighted by atomic mass is 19.3. The maximum atomic E-state index is 12.4. The first-order valence-electron chi connectivity index (χ1n) is 9.32. The third-order valence-corrected chi connectivity index (χ3v) is 5.34. The molecule has 0 fully saturated rings. The minimum absolute atomic E-state index is 0.0929. The van der Waals surface area contributed by atoms with E-state index in [4.69, 9.17) is 0 Å².